The topological polar surface area (TPSA) is 109 Å². The highest BCUT2D eigenvalue weighted by molar-refractivity contribution is 5.90. The molecule has 0 spiro atoms. The number of nitro groups is 1. The number of non-ortho nitro benzene ring substituents is 1. The number of amides is 1. The number of hydrogen-bond acceptors (Lipinski definition) is 7. The van der Waals surface area contributed by atoms with Crippen molar-refractivity contribution < 1.29 is 14.5 Å². The van der Waals surface area contributed by atoms with E-state index in [0.717, 1.165) is 17.1 Å². The molecule has 0 saturated heterocycles. The third kappa shape index (κ3) is 5.70. The smallest absolute Gasteiger partial charge is 0.270 e. The number of nitro benzene ring substituents is 1. The molecule has 0 fully saturated rings. The molecular weight excluding hydrogens is 350 g/mol. The zero-order valence-corrected chi connectivity index (χ0v) is 15.3. The SMILES string of the molecule is COc1ccc(NCC(=O)NN=Cc2cc([N+](=O)[O-])ccc2N(C)C)cc1. The molecule has 0 bridgehead atoms. The van der Waals surface area contributed by atoms with Crippen LogP contribution in [0.4, 0.5) is 17.1 Å². The third-order valence-corrected chi connectivity index (χ3v) is 3.64. The monoisotopic (exact) mass is 371 g/mol. The Balaban J connectivity index is 1.96. The highest BCUT2D eigenvalue weighted by Crippen LogP contribution is 2.22. The lowest BCUT2D eigenvalue weighted by Gasteiger charge is -2.14. The van der Waals surface area contributed by atoms with E-state index in [2.05, 4.69) is 15.8 Å². The number of hydrazone groups is 1. The molecule has 0 unspecified atom stereocenters. The second-order valence-electron chi connectivity index (χ2n) is 5.77. The van der Waals surface area contributed by atoms with E-state index in [1.54, 1.807) is 42.3 Å². The zero-order valence-electron chi connectivity index (χ0n) is 15.3. The summed E-state index contributed by atoms with van der Waals surface area (Å²) in [7, 11) is 5.21. The second-order valence-corrected chi connectivity index (χ2v) is 5.77. The van der Waals surface area contributed by atoms with Gasteiger partial charge < -0.3 is 15.0 Å². The molecule has 27 heavy (non-hydrogen) atoms. The van der Waals surface area contributed by atoms with Gasteiger partial charge in [-0.05, 0) is 30.3 Å². The van der Waals surface area contributed by atoms with E-state index >= 15 is 0 Å². The molecule has 2 aromatic rings. The first-order valence-electron chi connectivity index (χ1n) is 8.06. The molecule has 9 nitrogen and oxygen atoms in total. The molecular formula is C18H21N5O4. The van der Waals surface area contributed by atoms with E-state index < -0.39 is 4.92 Å². The van der Waals surface area contributed by atoms with Gasteiger partial charge in [-0.2, -0.15) is 5.10 Å². The zero-order chi connectivity index (χ0) is 19.8. The summed E-state index contributed by atoms with van der Waals surface area (Å²) >= 11 is 0. The summed E-state index contributed by atoms with van der Waals surface area (Å²) < 4.78 is 5.07. The van der Waals surface area contributed by atoms with Crippen LogP contribution in [0.3, 0.4) is 0 Å². The number of methoxy groups -OCH3 is 1. The summed E-state index contributed by atoms with van der Waals surface area (Å²) in [5.41, 5.74) is 4.39. The van der Waals surface area contributed by atoms with E-state index in [4.69, 9.17) is 4.74 Å². The Morgan fingerprint density at radius 2 is 1.96 bits per heavy atom. The number of carbonyl (C=O) groups excluding carboxylic acids is 1. The van der Waals surface area contributed by atoms with Crippen LogP contribution in [0.25, 0.3) is 0 Å². The number of hydrogen-bond donors (Lipinski definition) is 2. The Kier molecular flexibility index (Phi) is 6.70. The molecule has 142 valence electrons. The molecule has 0 aliphatic heterocycles. The lowest BCUT2D eigenvalue weighted by molar-refractivity contribution is -0.384. The molecule has 0 atom stereocenters. The average Bonchev–Trinajstić information content (AvgIpc) is 2.66. The van der Waals surface area contributed by atoms with Gasteiger partial charge in [0.2, 0.25) is 0 Å². The number of benzene rings is 2. The van der Waals surface area contributed by atoms with Gasteiger partial charge in [0, 0.05) is 43.2 Å². The molecule has 0 aromatic heterocycles. The lowest BCUT2D eigenvalue weighted by atomic mass is 10.1. The normalized spacial score (nSPS) is 10.5. The average molecular weight is 371 g/mol. The third-order valence-electron chi connectivity index (χ3n) is 3.64. The fourth-order valence-electron chi connectivity index (χ4n) is 2.27. The maximum absolute atomic E-state index is 11.9. The van der Waals surface area contributed by atoms with Crippen LogP contribution in [0.2, 0.25) is 0 Å². The summed E-state index contributed by atoms with van der Waals surface area (Å²) in [6.07, 6.45) is 1.38. The van der Waals surface area contributed by atoms with Crippen molar-refractivity contribution in [2.45, 2.75) is 0 Å². The number of nitrogens with zero attached hydrogens (tertiary/aromatic N) is 3. The maximum Gasteiger partial charge on any atom is 0.270 e. The minimum Gasteiger partial charge on any atom is -0.497 e. The molecule has 2 rings (SSSR count). The highest BCUT2D eigenvalue weighted by atomic mass is 16.6. The number of nitrogens with one attached hydrogen (secondary N) is 2. The van der Waals surface area contributed by atoms with E-state index in [1.807, 2.05) is 14.1 Å². The van der Waals surface area contributed by atoms with E-state index in [-0.39, 0.29) is 18.1 Å². The summed E-state index contributed by atoms with van der Waals surface area (Å²) in [4.78, 5) is 24.2. The predicted molar refractivity (Wildman–Crippen MR) is 105 cm³/mol. The fraction of sp³-hybridized carbons (Fsp3) is 0.222. The van der Waals surface area contributed by atoms with Gasteiger partial charge >= 0.3 is 0 Å². The van der Waals surface area contributed by atoms with Crippen molar-refractivity contribution in [1.29, 1.82) is 0 Å². The fourth-order valence-corrected chi connectivity index (χ4v) is 2.27. The Bertz CT molecular complexity index is 834. The molecule has 0 aliphatic rings. The number of carbonyl (C=O) groups is 1. The van der Waals surface area contributed by atoms with E-state index in [1.165, 1.54) is 18.3 Å². The first-order chi connectivity index (χ1) is 12.9. The van der Waals surface area contributed by atoms with Crippen LogP contribution in [0.1, 0.15) is 5.56 Å². The van der Waals surface area contributed by atoms with Crippen LogP contribution < -0.4 is 20.4 Å². The first-order valence-corrected chi connectivity index (χ1v) is 8.06. The Labute approximate surface area is 156 Å². The standard InChI is InChI=1S/C18H21N5O4/c1-22(2)17-9-6-15(23(25)26)10-13(17)11-20-21-18(24)12-19-14-4-7-16(27-3)8-5-14/h4-11,19H,12H2,1-3H3,(H,21,24). The van der Waals surface area contributed by atoms with E-state index in [0.29, 0.717) is 5.56 Å². The van der Waals surface area contributed by atoms with Crippen LogP contribution in [-0.2, 0) is 4.79 Å². The maximum atomic E-state index is 11.9. The molecule has 0 heterocycles. The molecule has 2 N–H and O–H groups in total. The predicted octanol–water partition coefficient (Wildman–Crippen LogP) is 2.23. The Hall–Kier alpha value is -3.62. The molecule has 9 heteroatoms. The minimum atomic E-state index is -0.478. The number of rotatable bonds is 8. The van der Waals surface area contributed by atoms with Crippen LogP contribution in [-0.4, -0.2) is 44.8 Å². The molecule has 0 saturated carbocycles. The Morgan fingerprint density at radius 3 is 2.56 bits per heavy atom. The number of anilines is 2. The van der Waals surface area contributed by atoms with Gasteiger partial charge in [0.05, 0.1) is 24.8 Å². The van der Waals surface area contributed by atoms with E-state index in [9.17, 15) is 14.9 Å². The van der Waals surface area contributed by atoms with Crippen molar-refractivity contribution in [1.82, 2.24) is 5.43 Å². The Morgan fingerprint density at radius 1 is 1.26 bits per heavy atom. The van der Waals surface area contributed by atoms with Crippen LogP contribution in [0.15, 0.2) is 47.6 Å². The van der Waals surface area contributed by atoms with Crippen molar-refractivity contribution >= 4 is 29.2 Å². The molecule has 2 aromatic carbocycles. The van der Waals surface area contributed by atoms with Crippen molar-refractivity contribution in [2.24, 2.45) is 5.10 Å². The van der Waals surface area contributed by atoms with Crippen molar-refractivity contribution in [3.63, 3.8) is 0 Å². The summed E-state index contributed by atoms with van der Waals surface area (Å²) in [5.74, 6) is 0.377. The van der Waals surface area contributed by atoms with Gasteiger partial charge in [-0.3, -0.25) is 14.9 Å². The van der Waals surface area contributed by atoms with Crippen molar-refractivity contribution in [3.05, 3.63) is 58.1 Å². The van der Waals surface area contributed by atoms with Gasteiger partial charge in [-0.1, -0.05) is 0 Å². The number of ether oxygens (including phenoxy) is 1. The molecule has 1 amide bonds. The van der Waals surface area contributed by atoms with Gasteiger partial charge in [-0.25, -0.2) is 5.43 Å². The lowest BCUT2D eigenvalue weighted by Crippen LogP contribution is -2.26. The quantitative estimate of drug-likeness (QED) is 0.418. The van der Waals surface area contributed by atoms with Gasteiger partial charge in [0.1, 0.15) is 5.75 Å². The van der Waals surface area contributed by atoms with Gasteiger partial charge in [0.15, 0.2) is 0 Å². The van der Waals surface area contributed by atoms with Crippen molar-refractivity contribution in [2.75, 3.05) is 38.0 Å². The van der Waals surface area contributed by atoms with Crippen LogP contribution in [0, 0.1) is 10.1 Å². The van der Waals surface area contributed by atoms with Crippen LogP contribution >= 0.6 is 0 Å². The summed E-state index contributed by atoms with van der Waals surface area (Å²) in [6.45, 7) is 0.0269. The van der Waals surface area contributed by atoms with Gasteiger partial charge in [0.25, 0.3) is 11.6 Å². The molecule has 0 aliphatic carbocycles. The molecule has 0 radical (unpaired) electrons. The largest absolute Gasteiger partial charge is 0.497 e. The minimum absolute atomic E-state index is 0.0269. The summed E-state index contributed by atoms with van der Waals surface area (Å²) in [6, 6.07) is 11.6. The first kappa shape index (κ1) is 19.7. The second kappa shape index (κ2) is 9.18. The van der Waals surface area contributed by atoms with Gasteiger partial charge in [-0.15, -0.1) is 0 Å². The highest BCUT2D eigenvalue weighted by Gasteiger charge is 2.11. The van der Waals surface area contributed by atoms with Crippen LogP contribution in [0.5, 0.6) is 5.75 Å². The van der Waals surface area contributed by atoms with Crippen molar-refractivity contribution in [3.8, 4) is 5.75 Å². The summed E-state index contributed by atoms with van der Waals surface area (Å²) in [5, 5.41) is 17.8.